The van der Waals surface area contributed by atoms with Crippen LogP contribution < -0.4 is 5.73 Å². The van der Waals surface area contributed by atoms with E-state index in [2.05, 4.69) is 39.6 Å². The van der Waals surface area contributed by atoms with Crippen LogP contribution in [0.4, 0.5) is 0 Å². The van der Waals surface area contributed by atoms with Crippen molar-refractivity contribution in [1.82, 2.24) is 4.98 Å². The Hall–Kier alpha value is -0.410. The highest BCUT2D eigenvalue weighted by Gasteiger charge is 2.29. The smallest absolute Gasteiger partial charge is 0.113 e. The zero-order valence-corrected chi connectivity index (χ0v) is 10.5. The van der Waals surface area contributed by atoms with Crippen molar-refractivity contribution in [3.05, 3.63) is 15.6 Å². The minimum atomic E-state index is -0.289. The van der Waals surface area contributed by atoms with Crippen LogP contribution in [-0.4, -0.2) is 4.98 Å². The summed E-state index contributed by atoms with van der Waals surface area (Å²) in [5, 5.41) is 1.07. The molecule has 1 aromatic heterocycles. The van der Waals surface area contributed by atoms with Gasteiger partial charge in [0.15, 0.2) is 0 Å². The monoisotopic (exact) mass is 212 g/mol. The Labute approximate surface area is 90.6 Å². The Morgan fingerprint density at radius 2 is 2.07 bits per heavy atom. The molecule has 3 heteroatoms. The van der Waals surface area contributed by atoms with Gasteiger partial charge in [-0.15, -0.1) is 11.3 Å². The molecule has 1 aromatic rings. The van der Waals surface area contributed by atoms with E-state index in [1.807, 2.05) is 0 Å². The van der Waals surface area contributed by atoms with E-state index in [9.17, 15) is 0 Å². The van der Waals surface area contributed by atoms with E-state index >= 15 is 0 Å². The van der Waals surface area contributed by atoms with E-state index in [1.165, 1.54) is 10.6 Å². The lowest BCUT2D eigenvalue weighted by molar-refractivity contribution is 0.348. The largest absolute Gasteiger partial charge is 0.319 e. The highest BCUT2D eigenvalue weighted by Crippen LogP contribution is 2.31. The maximum absolute atomic E-state index is 6.27. The molecule has 1 heterocycles. The number of aryl methyl sites for hydroxylation is 2. The van der Waals surface area contributed by atoms with Gasteiger partial charge in [0.2, 0.25) is 0 Å². The van der Waals surface area contributed by atoms with Gasteiger partial charge < -0.3 is 5.73 Å². The average Bonchev–Trinajstić information content (AvgIpc) is 2.47. The first kappa shape index (κ1) is 11.7. The summed E-state index contributed by atoms with van der Waals surface area (Å²) in [6.07, 6.45) is 0.997. The predicted octanol–water partition coefficient (Wildman–Crippen LogP) is 2.84. The summed E-state index contributed by atoms with van der Waals surface area (Å²) >= 11 is 1.74. The van der Waals surface area contributed by atoms with Crippen molar-refractivity contribution >= 4 is 11.3 Å². The molecule has 0 bridgehead atoms. The molecule has 2 nitrogen and oxygen atoms in total. The standard InChI is InChI=1S/C11H20N2S/c1-6-9-8(4)14-10(13-9)11(5,12)7(2)3/h7H,6,12H2,1-5H3. The van der Waals surface area contributed by atoms with Gasteiger partial charge in [-0.3, -0.25) is 0 Å². The quantitative estimate of drug-likeness (QED) is 0.836. The summed E-state index contributed by atoms with van der Waals surface area (Å²) in [6, 6.07) is 0. The Kier molecular flexibility index (Phi) is 3.32. The molecule has 0 aliphatic carbocycles. The van der Waals surface area contributed by atoms with Crippen LogP contribution in [0.15, 0.2) is 0 Å². The first-order chi connectivity index (χ1) is 6.39. The summed E-state index contributed by atoms with van der Waals surface area (Å²) < 4.78 is 0. The average molecular weight is 212 g/mol. The van der Waals surface area contributed by atoms with Gasteiger partial charge in [0.1, 0.15) is 5.01 Å². The maximum Gasteiger partial charge on any atom is 0.113 e. The summed E-state index contributed by atoms with van der Waals surface area (Å²) in [5.41, 5.74) is 7.17. The van der Waals surface area contributed by atoms with Crippen molar-refractivity contribution in [1.29, 1.82) is 0 Å². The van der Waals surface area contributed by atoms with Gasteiger partial charge in [-0.1, -0.05) is 20.8 Å². The van der Waals surface area contributed by atoms with Crippen LogP contribution in [0.3, 0.4) is 0 Å². The molecule has 1 rings (SSSR count). The molecule has 0 aromatic carbocycles. The Bertz CT molecular complexity index is 313. The molecule has 1 unspecified atom stereocenters. The van der Waals surface area contributed by atoms with Crippen molar-refractivity contribution in [2.75, 3.05) is 0 Å². The summed E-state index contributed by atoms with van der Waals surface area (Å²) in [6.45, 7) is 10.6. The van der Waals surface area contributed by atoms with Crippen LogP contribution in [0, 0.1) is 12.8 Å². The van der Waals surface area contributed by atoms with Gasteiger partial charge in [-0.25, -0.2) is 4.98 Å². The molecule has 0 radical (unpaired) electrons. The number of nitrogens with two attached hydrogens (primary N) is 1. The van der Waals surface area contributed by atoms with Crippen LogP contribution in [0.5, 0.6) is 0 Å². The summed E-state index contributed by atoms with van der Waals surface area (Å²) in [4.78, 5) is 5.92. The van der Waals surface area contributed by atoms with Gasteiger partial charge in [-0.05, 0) is 26.2 Å². The van der Waals surface area contributed by atoms with Crippen molar-refractivity contribution in [2.45, 2.75) is 46.6 Å². The first-order valence-corrected chi connectivity index (χ1v) is 5.96. The van der Waals surface area contributed by atoms with E-state index < -0.39 is 0 Å². The molecule has 0 amide bonds. The molecule has 2 N–H and O–H groups in total. The maximum atomic E-state index is 6.27. The zero-order chi connectivity index (χ0) is 10.9. The van der Waals surface area contributed by atoms with Gasteiger partial charge in [-0.2, -0.15) is 0 Å². The Morgan fingerprint density at radius 1 is 1.50 bits per heavy atom. The van der Waals surface area contributed by atoms with E-state index in [4.69, 9.17) is 5.73 Å². The molecule has 0 aliphatic heterocycles. The normalized spacial score (nSPS) is 15.9. The molecule has 0 spiro atoms. The fraction of sp³-hybridized carbons (Fsp3) is 0.727. The minimum absolute atomic E-state index is 0.289. The van der Waals surface area contributed by atoms with Crippen molar-refractivity contribution in [3.8, 4) is 0 Å². The van der Waals surface area contributed by atoms with E-state index in [1.54, 1.807) is 11.3 Å². The number of hydrogen-bond donors (Lipinski definition) is 1. The lowest BCUT2D eigenvalue weighted by Gasteiger charge is -2.26. The first-order valence-electron chi connectivity index (χ1n) is 5.15. The third kappa shape index (κ3) is 1.98. The third-order valence-electron chi connectivity index (χ3n) is 2.89. The molecule has 0 aliphatic rings. The van der Waals surface area contributed by atoms with Crippen molar-refractivity contribution < 1.29 is 0 Å². The molecular weight excluding hydrogens is 192 g/mol. The van der Waals surface area contributed by atoms with E-state index in [-0.39, 0.29) is 5.54 Å². The molecular formula is C11H20N2S. The second kappa shape index (κ2) is 3.99. The number of rotatable bonds is 3. The molecule has 14 heavy (non-hydrogen) atoms. The lowest BCUT2D eigenvalue weighted by atomic mass is 9.90. The van der Waals surface area contributed by atoms with Crippen LogP contribution in [0.2, 0.25) is 0 Å². The highest BCUT2D eigenvalue weighted by molar-refractivity contribution is 7.11. The van der Waals surface area contributed by atoms with E-state index in [0.717, 1.165) is 11.4 Å². The fourth-order valence-electron chi connectivity index (χ4n) is 1.23. The Morgan fingerprint density at radius 3 is 2.43 bits per heavy atom. The minimum Gasteiger partial charge on any atom is -0.319 e. The molecule has 80 valence electrons. The van der Waals surface area contributed by atoms with Crippen LogP contribution in [0.1, 0.15) is 43.3 Å². The van der Waals surface area contributed by atoms with Gasteiger partial charge in [0.25, 0.3) is 0 Å². The topological polar surface area (TPSA) is 38.9 Å². The lowest BCUT2D eigenvalue weighted by Crippen LogP contribution is -2.38. The number of hydrogen-bond acceptors (Lipinski definition) is 3. The van der Waals surface area contributed by atoms with Gasteiger partial charge in [0.05, 0.1) is 11.2 Å². The third-order valence-corrected chi connectivity index (χ3v) is 4.15. The van der Waals surface area contributed by atoms with Gasteiger partial charge in [0, 0.05) is 4.88 Å². The van der Waals surface area contributed by atoms with E-state index in [0.29, 0.717) is 5.92 Å². The fourth-order valence-corrected chi connectivity index (χ4v) is 2.44. The predicted molar refractivity (Wildman–Crippen MR) is 62.6 cm³/mol. The molecule has 0 saturated heterocycles. The number of thiazole rings is 1. The SMILES string of the molecule is CCc1nc(C(C)(N)C(C)C)sc1C. The number of aromatic nitrogens is 1. The van der Waals surface area contributed by atoms with Crippen molar-refractivity contribution in [2.24, 2.45) is 11.7 Å². The second-order valence-corrected chi connectivity index (χ2v) is 5.52. The summed E-state index contributed by atoms with van der Waals surface area (Å²) in [7, 11) is 0. The molecule has 1 atom stereocenters. The number of nitrogens with zero attached hydrogens (tertiary/aromatic N) is 1. The Balaban J connectivity index is 3.07. The van der Waals surface area contributed by atoms with Crippen LogP contribution >= 0.6 is 11.3 Å². The molecule has 0 fully saturated rings. The summed E-state index contributed by atoms with van der Waals surface area (Å²) in [5.74, 6) is 0.415. The van der Waals surface area contributed by atoms with Crippen LogP contribution in [-0.2, 0) is 12.0 Å². The molecule has 0 saturated carbocycles. The second-order valence-electron chi connectivity index (χ2n) is 4.31. The van der Waals surface area contributed by atoms with Crippen LogP contribution in [0.25, 0.3) is 0 Å². The van der Waals surface area contributed by atoms with Gasteiger partial charge >= 0.3 is 0 Å². The van der Waals surface area contributed by atoms with Crippen molar-refractivity contribution in [3.63, 3.8) is 0 Å². The zero-order valence-electron chi connectivity index (χ0n) is 9.72. The highest BCUT2D eigenvalue weighted by atomic mass is 32.1.